The van der Waals surface area contributed by atoms with Gasteiger partial charge in [0.2, 0.25) is 0 Å². The second kappa shape index (κ2) is 10.6. The molecule has 0 radical (unpaired) electrons. The van der Waals surface area contributed by atoms with Gasteiger partial charge in [0.25, 0.3) is 5.56 Å². The van der Waals surface area contributed by atoms with Crippen molar-refractivity contribution in [2.24, 2.45) is 0 Å². The van der Waals surface area contributed by atoms with Crippen molar-refractivity contribution < 1.29 is 9.13 Å². The Morgan fingerprint density at radius 2 is 1.94 bits per heavy atom. The van der Waals surface area contributed by atoms with E-state index in [1.807, 2.05) is 36.1 Å². The third-order valence-electron chi connectivity index (χ3n) is 6.32. The van der Waals surface area contributed by atoms with Gasteiger partial charge < -0.3 is 25.3 Å². The van der Waals surface area contributed by atoms with Crippen molar-refractivity contribution in [3.8, 4) is 0 Å². The molecule has 0 bridgehead atoms. The fourth-order valence-corrected chi connectivity index (χ4v) is 4.78. The molecule has 0 amide bonds. The highest BCUT2D eigenvalue weighted by molar-refractivity contribution is 7.80. The number of pyridine rings is 2. The minimum Gasteiger partial charge on any atom is -0.378 e. The van der Waals surface area contributed by atoms with E-state index >= 15 is 4.39 Å². The number of aromatic amines is 1. The molecule has 1 aliphatic heterocycles. The molecule has 0 unspecified atom stereocenters. The summed E-state index contributed by atoms with van der Waals surface area (Å²) in [6, 6.07) is 16.2. The fraction of sp³-hybridized carbons (Fsp3) is 0.259. The highest BCUT2D eigenvalue weighted by Crippen LogP contribution is 2.31. The number of aromatic nitrogens is 2. The Balaban J connectivity index is 1.43. The average Bonchev–Trinajstić information content (AvgIpc) is 2.86. The average molecular weight is 506 g/mol. The van der Waals surface area contributed by atoms with Crippen LogP contribution >= 0.6 is 12.6 Å². The van der Waals surface area contributed by atoms with Gasteiger partial charge >= 0.3 is 0 Å². The van der Waals surface area contributed by atoms with E-state index in [9.17, 15) is 4.79 Å². The molecule has 1 saturated heterocycles. The fourth-order valence-electron chi connectivity index (χ4n) is 4.56. The number of fused-ring (bicyclic) bond motifs is 1. The predicted molar refractivity (Wildman–Crippen MR) is 146 cm³/mol. The van der Waals surface area contributed by atoms with Crippen LogP contribution < -0.4 is 21.1 Å². The van der Waals surface area contributed by atoms with Crippen molar-refractivity contribution in [1.29, 1.82) is 0 Å². The third kappa shape index (κ3) is 5.17. The van der Waals surface area contributed by atoms with Gasteiger partial charge in [0.1, 0.15) is 17.5 Å². The normalized spacial score (nSPS) is 14.2. The lowest BCUT2D eigenvalue weighted by atomic mass is 10.1. The lowest BCUT2D eigenvalue weighted by molar-refractivity contribution is 0.0458. The van der Waals surface area contributed by atoms with Crippen molar-refractivity contribution >= 4 is 52.1 Å². The number of hydrogen-bond donors (Lipinski definition) is 4. The predicted octanol–water partition coefficient (Wildman–Crippen LogP) is 5.84. The molecule has 4 aromatic rings. The molecule has 2 aromatic heterocycles. The second-order valence-electron chi connectivity index (χ2n) is 8.70. The Morgan fingerprint density at radius 3 is 2.69 bits per heavy atom. The number of thiol groups is 1. The highest BCUT2D eigenvalue weighted by Gasteiger charge is 2.22. The van der Waals surface area contributed by atoms with Gasteiger partial charge in [0, 0.05) is 36.5 Å². The SMILES string of the molecule is CCOC1CCN(c2ccc(Nc3nc(Nc4ccccc4S)cc4cc[nH]c(=O)c34)cc2F)CC1. The molecule has 0 aliphatic carbocycles. The van der Waals surface area contributed by atoms with Crippen LogP contribution in [0.15, 0.2) is 70.5 Å². The molecule has 3 N–H and O–H groups in total. The van der Waals surface area contributed by atoms with Crippen molar-refractivity contribution in [2.45, 2.75) is 30.8 Å². The quantitative estimate of drug-likeness (QED) is 0.236. The van der Waals surface area contributed by atoms with Crippen LogP contribution in [0.4, 0.5) is 33.1 Å². The number of benzene rings is 2. The smallest absolute Gasteiger partial charge is 0.259 e. The number of rotatable bonds is 7. The maximum Gasteiger partial charge on any atom is 0.259 e. The van der Waals surface area contributed by atoms with E-state index in [1.54, 1.807) is 30.5 Å². The van der Waals surface area contributed by atoms with Gasteiger partial charge in [0.15, 0.2) is 0 Å². The zero-order valence-electron chi connectivity index (χ0n) is 19.9. The molecule has 36 heavy (non-hydrogen) atoms. The van der Waals surface area contributed by atoms with E-state index in [-0.39, 0.29) is 17.5 Å². The van der Waals surface area contributed by atoms with Crippen LogP contribution in [0.1, 0.15) is 19.8 Å². The standard InChI is InChI=1S/C27H28FN5O2S/c1-2-35-19-10-13-33(14-11-19)22-8-7-18(16-20(22)28)30-26-25-17(9-12-29-27(25)34)15-24(32-26)31-21-5-3-4-6-23(21)36/h3-9,12,15-16,19,36H,2,10-11,13-14H2,1H3,(H,29,34)(H2,30,31,32). The summed E-state index contributed by atoms with van der Waals surface area (Å²) in [6.07, 6.45) is 3.58. The molecule has 2 aromatic carbocycles. The minimum atomic E-state index is -0.327. The van der Waals surface area contributed by atoms with Crippen LogP contribution in [0.5, 0.6) is 0 Å². The molecular formula is C27H28FN5O2S. The van der Waals surface area contributed by atoms with Crippen LogP contribution in [0.2, 0.25) is 0 Å². The largest absolute Gasteiger partial charge is 0.378 e. The molecule has 186 valence electrons. The zero-order chi connectivity index (χ0) is 25.1. The number of anilines is 5. The number of ether oxygens (including phenoxy) is 1. The maximum absolute atomic E-state index is 15.2. The Labute approximate surface area is 214 Å². The van der Waals surface area contributed by atoms with E-state index < -0.39 is 0 Å². The first kappa shape index (κ1) is 24.1. The van der Waals surface area contributed by atoms with Crippen molar-refractivity contribution in [2.75, 3.05) is 35.2 Å². The number of halogens is 1. The van der Waals surface area contributed by atoms with Gasteiger partial charge in [0.05, 0.1) is 22.9 Å². The molecule has 9 heteroatoms. The molecule has 0 atom stereocenters. The molecule has 0 spiro atoms. The molecule has 1 fully saturated rings. The maximum atomic E-state index is 15.2. The third-order valence-corrected chi connectivity index (χ3v) is 6.71. The molecule has 0 saturated carbocycles. The van der Waals surface area contributed by atoms with Crippen LogP contribution in [0.3, 0.4) is 0 Å². The van der Waals surface area contributed by atoms with Crippen LogP contribution in [0, 0.1) is 5.82 Å². The summed E-state index contributed by atoms with van der Waals surface area (Å²) in [6.45, 7) is 4.18. The van der Waals surface area contributed by atoms with Gasteiger partial charge in [-0.3, -0.25) is 4.79 Å². The number of nitrogens with one attached hydrogen (secondary N) is 3. The molecule has 7 nitrogen and oxygen atoms in total. The monoisotopic (exact) mass is 505 g/mol. The first-order valence-electron chi connectivity index (χ1n) is 12.0. The summed E-state index contributed by atoms with van der Waals surface area (Å²) < 4.78 is 20.9. The molecule has 1 aliphatic rings. The van der Waals surface area contributed by atoms with Gasteiger partial charge in [-0.1, -0.05) is 12.1 Å². The van der Waals surface area contributed by atoms with E-state index in [0.29, 0.717) is 40.4 Å². The number of para-hydroxylation sites is 1. The molecular weight excluding hydrogens is 477 g/mol. The summed E-state index contributed by atoms with van der Waals surface area (Å²) in [7, 11) is 0. The first-order valence-corrected chi connectivity index (χ1v) is 12.5. The summed E-state index contributed by atoms with van der Waals surface area (Å²) in [5.41, 5.74) is 1.57. The van der Waals surface area contributed by atoms with Gasteiger partial charge in [-0.25, -0.2) is 9.37 Å². The van der Waals surface area contributed by atoms with Crippen molar-refractivity contribution in [1.82, 2.24) is 9.97 Å². The number of H-pyrrole nitrogens is 1. The van der Waals surface area contributed by atoms with E-state index in [4.69, 9.17) is 4.74 Å². The topological polar surface area (TPSA) is 82.3 Å². The van der Waals surface area contributed by atoms with Crippen LogP contribution in [-0.2, 0) is 4.74 Å². The van der Waals surface area contributed by atoms with Crippen LogP contribution in [-0.4, -0.2) is 35.8 Å². The number of hydrogen-bond acceptors (Lipinski definition) is 7. The van der Waals surface area contributed by atoms with E-state index in [1.165, 1.54) is 6.07 Å². The Kier molecular flexibility index (Phi) is 7.11. The lowest BCUT2D eigenvalue weighted by Crippen LogP contribution is -2.37. The summed E-state index contributed by atoms with van der Waals surface area (Å²) in [5, 5.41) is 7.50. The first-order chi connectivity index (χ1) is 17.5. The number of nitrogens with zero attached hydrogens (tertiary/aromatic N) is 2. The summed E-state index contributed by atoms with van der Waals surface area (Å²) >= 11 is 4.49. The van der Waals surface area contributed by atoms with Crippen LogP contribution in [0.25, 0.3) is 10.8 Å². The zero-order valence-corrected chi connectivity index (χ0v) is 20.8. The summed E-state index contributed by atoms with van der Waals surface area (Å²) in [5.74, 6) is 0.538. The van der Waals surface area contributed by atoms with E-state index in [0.717, 1.165) is 36.5 Å². The Hall–Kier alpha value is -3.56. The Morgan fingerprint density at radius 1 is 1.14 bits per heavy atom. The van der Waals surface area contributed by atoms with Crippen molar-refractivity contribution in [3.05, 3.63) is 77.0 Å². The van der Waals surface area contributed by atoms with Gasteiger partial charge in [-0.2, -0.15) is 0 Å². The lowest BCUT2D eigenvalue weighted by Gasteiger charge is -2.33. The number of piperidine rings is 1. The van der Waals surface area contributed by atoms with Gasteiger partial charge in [-0.15, -0.1) is 12.6 Å². The second-order valence-corrected chi connectivity index (χ2v) is 9.18. The Bertz CT molecular complexity index is 1440. The highest BCUT2D eigenvalue weighted by atomic mass is 32.1. The van der Waals surface area contributed by atoms with Crippen molar-refractivity contribution in [3.63, 3.8) is 0 Å². The van der Waals surface area contributed by atoms with Gasteiger partial charge in [-0.05, 0) is 67.6 Å². The molecule has 3 heterocycles. The molecule has 5 rings (SSSR count). The minimum absolute atomic E-state index is 0.239. The summed E-state index contributed by atoms with van der Waals surface area (Å²) in [4.78, 5) is 22.8. The van der Waals surface area contributed by atoms with E-state index in [2.05, 4.69) is 33.2 Å².